The first-order chi connectivity index (χ1) is 11.1. The van der Waals surface area contributed by atoms with Crippen molar-refractivity contribution in [2.45, 2.75) is 38.9 Å². The second kappa shape index (κ2) is 9.40. The first-order valence-electron chi connectivity index (χ1n) is 7.30. The standard InChI is InChI=1S/C17H20O6/c1-3-15(22-10-18)13-7-5-12(6-8-17(20)21)9-14(13)16(4-2)23-11-19/h5-11,15-16H,3-4H2,1-2H3,(H,20,21)/b8-6+. The number of carbonyl (C=O) groups excluding carboxylic acids is 2. The second-order valence-corrected chi connectivity index (χ2v) is 4.82. The van der Waals surface area contributed by atoms with Crippen molar-refractivity contribution in [2.24, 2.45) is 0 Å². The lowest BCUT2D eigenvalue weighted by Crippen LogP contribution is -2.11. The SMILES string of the molecule is CCC(OC=O)c1ccc(/C=C/C(=O)O)cc1C(CC)OC=O. The summed E-state index contributed by atoms with van der Waals surface area (Å²) in [6, 6.07) is 5.22. The highest BCUT2D eigenvalue weighted by Gasteiger charge is 2.21. The van der Waals surface area contributed by atoms with Gasteiger partial charge in [0.15, 0.2) is 0 Å². The molecule has 0 aliphatic carbocycles. The molecule has 0 bridgehead atoms. The van der Waals surface area contributed by atoms with E-state index in [1.54, 1.807) is 18.2 Å². The molecule has 6 nitrogen and oxygen atoms in total. The van der Waals surface area contributed by atoms with Crippen molar-refractivity contribution in [1.29, 1.82) is 0 Å². The number of carboxylic acids is 1. The topological polar surface area (TPSA) is 89.9 Å². The third-order valence-corrected chi connectivity index (χ3v) is 3.40. The summed E-state index contributed by atoms with van der Waals surface area (Å²) in [7, 11) is 0. The minimum atomic E-state index is -1.05. The van der Waals surface area contributed by atoms with Crippen molar-refractivity contribution in [3.05, 3.63) is 41.0 Å². The zero-order valence-electron chi connectivity index (χ0n) is 13.1. The lowest BCUT2D eigenvalue weighted by Gasteiger charge is -2.22. The maximum Gasteiger partial charge on any atom is 0.328 e. The minimum absolute atomic E-state index is 0.374. The number of hydrogen-bond acceptors (Lipinski definition) is 5. The zero-order chi connectivity index (χ0) is 17.2. The van der Waals surface area contributed by atoms with Gasteiger partial charge in [0.05, 0.1) is 0 Å². The van der Waals surface area contributed by atoms with E-state index in [1.807, 2.05) is 13.8 Å². The molecule has 0 spiro atoms. The van der Waals surface area contributed by atoms with Crippen LogP contribution in [0.15, 0.2) is 24.3 Å². The summed E-state index contributed by atoms with van der Waals surface area (Å²) in [5.41, 5.74) is 2.08. The van der Waals surface area contributed by atoms with Crippen LogP contribution < -0.4 is 0 Å². The maximum atomic E-state index is 10.7. The predicted octanol–water partition coefficient (Wildman–Crippen LogP) is 3.03. The Morgan fingerprint density at radius 3 is 2.13 bits per heavy atom. The molecule has 0 saturated heterocycles. The van der Waals surface area contributed by atoms with Gasteiger partial charge in [0, 0.05) is 6.08 Å². The number of ether oxygens (including phenoxy) is 2. The molecule has 0 heterocycles. The van der Waals surface area contributed by atoms with Crippen LogP contribution >= 0.6 is 0 Å². The molecule has 23 heavy (non-hydrogen) atoms. The van der Waals surface area contributed by atoms with Gasteiger partial charge < -0.3 is 14.6 Å². The molecule has 0 aromatic heterocycles. The average molecular weight is 320 g/mol. The highest BCUT2D eigenvalue weighted by molar-refractivity contribution is 5.85. The van der Waals surface area contributed by atoms with Crippen molar-refractivity contribution >= 4 is 25.0 Å². The third kappa shape index (κ3) is 5.25. The fraction of sp³-hybridized carbons (Fsp3) is 0.353. The van der Waals surface area contributed by atoms with E-state index in [1.165, 1.54) is 6.08 Å². The van der Waals surface area contributed by atoms with Crippen LogP contribution in [0.4, 0.5) is 0 Å². The highest BCUT2D eigenvalue weighted by Crippen LogP contribution is 2.32. The molecule has 1 rings (SSSR count). The summed E-state index contributed by atoms with van der Waals surface area (Å²) in [6.45, 7) is 4.49. The number of carbonyl (C=O) groups is 3. The normalized spacial score (nSPS) is 13.3. The van der Waals surface area contributed by atoms with E-state index in [9.17, 15) is 14.4 Å². The van der Waals surface area contributed by atoms with Gasteiger partial charge in [-0.1, -0.05) is 26.0 Å². The molecule has 124 valence electrons. The lowest BCUT2D eigenvalue weighted by molar-refractivity contribution is -0.136. The minimum Gasteiger partial charge on any atom is -0.478 e. The van der Waals surface area contributed by atoms with Crippen LogP contribution in [0.25, 0.3) is 6.08 Å². The van der Waals surface area contributed by atoms with E-state index >= 15 is 0 Å². The molecular formula is C17H20O6. The van der Waals surface area contributed by atoms with E-state index in [2.05, 4.69) is 0 Å². The molecule has 0 saturated carbocycles. The smallest absolute Gasteiger partial charge is 0.328 e. The van der Waals surface area contributed by atoms with E-state index in [0.717, 1.165) is 11.6 Å². The van der Waals surface area contributed by atoms with Crippen molar-refractivity contribution in [3.63, 3.8) is 0 Å². The van der Waals surface area contributed by atoms with Gasteiger partial charge in [-0.25, -0.2) is 4.79 Å². The monoisotopic (exact) mass is 320 g/mol. The molecular weight excluding hydrogens is 300 g/mol. The van der Waals surface area contributed by atoms with Crippen LogP contribution in [0.5, 0.6) is 0 Å². The Morgan fingerprint density at radius 1 is 1.09 bits per heavy atom. The van der Waals surface area contributed by atoms with Gasteiger partial charge in [-0.15, -0.1) is 0 Å². The summed E-state index contributed by atoms with van der Waals surface area (Å²) in [6.07, 6.45) is 2.63. The van der Waals surface area contributed by atoms with Crippen LogP contribution in [-0.2, 0) is 23.9 Å². The van der Waals surface area contributed by atoms with E-state index in [-0.39, 0.29) is 0 Å². The van der Waals surface area contributed by atoms with Crippen LogP contribution in [-0.4, -0.2) is 24.0 Å². The molecule has 0 radical (unpaired) electrons. The number of benzene rings is 1. The van der Waals surface area contributed by atoms with Gasteiger partial charge >= 0.3 is 5.97 Å². The molecule has 0 aliphatic rings. The van der Waals surface area contributed by atoms with Gasteiger partial charge in [-0.3, -0.25) is 9.59 Å². The Balaban J connectivity index is 3.34. The molecule has 2 unspecified atom stereocenters. The molecule has 1 aromatic rings. The fourth-order valence-corrected chi connectivity index (χ4v) is 2.35. The van der Waals surface area contributed by atoms with Gasteiger partial charge in [0.1, 0.15) is 12.2 Å². The summed E-state index contributed by atoms with van der Waals surface area (Å²) in [5.74, 6) is -1.05. The quantitative estimate of drug-likeness (QED) is 0.526. The molecule has 0 amide bonds. The highest BCUT2D eigenvalue weighted by atomic mass is 16.5. The lowest BCUT2D eigenvalue weighted by atomic mass is 9.93. The van der Waals surface area contributed by atoms with Crippen molar-refractivity contribution < 1.29 is 29.0 Å². The summed E-state index contributed by atoms with van der Waals surface area (Å²) in [5, 5.41) is 8.72. The number of aliphatic carboxylic acids is 1. The van der Waals surface area contributed by atoms with Gasteiger partial charge in [-0.2, -0.15) is 0 Å². The summed E-state index contributed by atoms with van der Waals surface area (Å²) in [4.78, 5) is 32.0. The van der Waals surface area contributed by atoms with Crippen LogP contribution in [0, 0.1) is 0 Å². The van der Waals surface area contributed by atoms with Gasteiger partial charge in [0.2, 0.25) is 0 Å². The fourth-order valence-electron chi connectivity index (χ4n) is 2.35. The average Bonchev–Trinajstić information content (AvgIpc) is 2.55. The Kier molecular flexibility index (Phi) is 7.53. The molecule has 1 N–H and O–H groups in total. The maximum absolute atomic E-state index is 10.7. The van der Waals surface area contributed by atoms with E-state index < -0.39 is 18.2 Å². The molecule has 6 heteroatoms. The van der Waals surface area contributed by atoms with Crippen LogP contribution in [0.2, 0.25) is 0 Å². The van der Waals surface area contributed by atoms with Crippen molar-refractivity contribution in [2.75, 3.05) is 0 Å². The van der Waals surface area contributed by atoms with Crippen molar-refractivity contribution in [1.82, 2.24) is 0 Å². The Morgan fingerprint density at radius 2 is 1.65 bits per heavy atom. The Labute approximate surface area is 134 Å². The molecule has 2 atom stereocenters. The molecule has 0 aliphatic heterocycles. The Bertz CT molecular complexity index is 578. The predicted molar refractivity (Wildman–Crippen MR) is 83.5 cm³/mol. The largest absolute Gasteiger partial charge is 0.478 e. The van der Waals surface area contributed by atoms with E-state index in [0.29, 0.717) is 36.9 Å². The van der Waals surface area contributed by atoms with Gasteiger partial charge in [-0.05, 0) is 41.7 Å². The summed E-state index contributed by atoms with van der Waals surface area (Å²) >= 11 is 0. The molecule has 0 fully saturated rings. The first-order valence-corrected chi connectivity index (χ1v) is 7.30. The molecule has 1 aromatic carbocycles. The third-order valence-electron chi connectivity index (χ3n) is 3.40. The summed E-state index contributed by atoms with van der Waals surface area (Å²) < 4.78 is 10.2. The number of hydrogen-bond donors (Lipinski definition) is 1. The zero-order valence-corrected chi connectivity index (χ0v) is 13.1. The van der Waals surface area contributed by atoms with Crippen LogP contribution in [0.3, 0.4) is 0 Å². The Hall–Kier alpha value is -2.63. The van der Waals surface area contributed by atoms with Crippen LogP contribution in [0.1, 0.15) is 55.6 Å². The van der Waals surface area contributed by atoms with Crippen molar-refractivity contribution in [3.8, 4) is 0 Å². The number of carboxylic acid groups (broad SMARTS) is 1. The second-order valence-electron chi connectivity index (χ2n) is 4.82. The number of rotatable bonds is 10. The first kappa shape index (κ1) is 18.4. The van der Waals surface area contributed by atoms with E-state index in [4.69, 9.17) is 14.6 Å². The van der Waals surface area contributed by atoms with Gasteiger partial charge in [0.25, 0.3) is 12.9 Å².